The monoisotopic (exact) mass is 588 g/mol. The molecule has 0 atom stereocenters. The molecule has 0 aliphatic rings. The molecular weight excluding hydrogens is 566 g/mol. The largest absolute Gasteiger partial charge is 0.494 e. The van der Waals surface area contributed by atoms with Gasteiger partial charge >= 0.3 is 23.5 Å². The van der Waals surface area contributed by atoms with Gasteiger partial charge < -0.3 is 9.47 Å². The molecule has 0 saturated heterocycles. The standard InChI is InChI=1S/C21H22F10N2O2S2/c1-2-36-17-10-14(34-8-4-3-5-9-37-21(29,30)31)6-7-16(17)33-12-15(11-32-33)35-13-18(22,23)19(24,25)20(26,27)28/h6-7,10-12H,2-5,8-9,13H2,1H3. The van der Waals surface area contributed by atoms with Crippen LogP contribution in [0.1, 0.15) is 26.2 Å². The van der Waals surface area contributed by atoms with E-state index in [9.17, 15) is 43.9 Å². The van der Waals surface area contributed by atoms with Gasteiger partial charge in [-0.2, -0.15) is 49.0 Å². The van der Waals surface area contributed by atoms with Crippen LogP contribution >= 0.6 is 23.5 Å². The number of hydrogen-bond donors (Lipinski definition) is 0. The van der Waals surface area contributed by atoms with Crippen molar-refractivity contribution in [3.8, 4) is 17.2 Å². The van der Waals surface area contributed by atoms with Gasteiger partial charge in [-0.1, -0.05) is 18.7 Å². The third kappa shape index (κ3) is 9.07. The average molecular weight is 589 g/mol. The number of thioether (sulfide) groups is 2. The second-order valence-corrected chi connectivity index (χ2v) is 9.92. The summed E-state index contributed by atoms with van der Waals surface area (Å²) in [4.78, 5) is 0.630. The number of rotatable bonds is 14. The molecule has 4 nitrogen and oxygen atoms in total. The van der Waals surface area contributed by atoms with Crippen LogP contribution in [-0.2, 0) is 0 Å². The van der Waals surface area contributed by atoms with Gasteiger partial charge in [0, 0.05) is 10.6 Å². The van der Waals surface area contributed by atoms with E-state index < -0.39 is 35.9 Å². The van der Waals surface area contributed by atoms with Crippen LogP contribution in [0.3, 0.4) is 0 Å². The number of ether oxygens (including phenoxy) is 2. The summed E-state index contributed by atoms with van der Waals surface area (Å²) >= 11 is 1.29. The topological polar surface area (TPSA) is 36.3 Å². The number of halogens is 10. The summed E-state index contributed by atoms with van der Waals surface area (Å²) in [5.74, 6) is -11.2. The SMILES string of the molecule is CCSc1cc(OCCCCCSC(F)(F)F)ccc1-n1cc(OCC(F)(F)C(F)(F)C(F)(F)F)cn1. The Balaban J connectivity index is 1.98. The number of alkyl halides is 10. The van der Waals surface area contributed by atoms with Crippen molar-refractivity contribution in [1.29, 1.82) is 0 Å². The van der Waals surface area contributed by atoms with Crippen molar-refractivity contribution in [1.82, 2.24) is 9.78 Å². The van der Waals surface area contributed by atoms with Crippen LogP contribution in [0.2, 0.25) is 0 Å². The van der Waals surface area contributed by atoms with Gasteiger partial charge in [0.2, 0.25) is 0 Å². The van der Waals surface area contributed by atoms with Gasteiger partial charge in [0.1, 0.15) is 5.75 Å². The first-order valence-corrected chi connectivity index (χ1v) is 12.6. The molecule has 0 fully saturated rings. The van der Waals surface area contributed by atoms with Crippen molar-refractivity contribution in [3.63, 3.8) is 0 Å². The molecule has 0 spiro atoms. The van der Waals surface area contributed by atoms with Gasteiger partial charge in [-0.05, 0) is 43.2 Å². The Morgan fingerprint density at radius 3 is 2.22 bits per heavy atom. The Morgan fingerprint density at radius 1 is 0.892 bits per heavy atom. The lowest BCUT2D eigenvalue weighted by atomic mass is 10.2. The third-order valence-electron chi connectivity index (χ3n) is 4.60. The first-order valence-electron chi connectivity index (χ1n) is 10.7. The van der Waals surface area contributed by atoms with Crippen molar-refractivity contribution < 1.29 is 53.4 Å². The summed E-state index contributed by atoms with van der Waals surface area (Å²) in [6.45, 7) is -0.103. The molecule has 0 bridgehead atoms. The Morgan fingerprint density at radius 2 is 1.59 bits per heavy atom. The Bertz CT molecular complexity index is 996. The minimum absolute atomic E-state index is 0.0343. The molecule has 0 aliphatic carbocycles. The molecule has 2 aromatic rings. The van der Waals surface area contributed by atoms with E-state index in [0.29, 0.717) is 41.3 Å². The highest BCUT2D eigenvalue weighted by Gasteiger charge is 2.73. The first kappa shape index (κ1) is 31.2. The average Bonchev–Trinajstić information content (AvgIpc) is 3.25. The summed E-state index contributed by atoms with van der Waals surface area (Å²) in [7, 11) is 0. The molecule has 2 rings (SSSR count). The predicted octanol–water partition coefficient (Wildman–Crippen LogP) is 8.00. The maximum atomic E-state index is 13.5. The molecule has 37 heavy (non-hydrogen) atoms. The zero-order valence-electron chi connectivity index (χ0n) is 19.1. The second-order valence-electron chi connectivity index (χ2n) is 7.45. The van der Waals surface area contributed by atoms with Crippen molar-refractivity contribution in [3.05, 3.63) is 30.6 Å². The summed E-state index contributed by atoms with van der Waals surface area (Å²) < 4.78 is 137. The normalized spacial score (nSPS) is 13.2. The Hall–Kier alpha value is -1.97. The lowest BCUT2D eigenvalue weighted by Crippen LogP contribution is -2.54. The van der Waals surface area contributed by atoms with Crippen molar-refractivity contribution in [2.75, 3.05) is 24.7 Å². The van der Waals surface area contributed by atoms with Crippen LogP contribution in [0.15, 0.2) is 35.5 Å². The zero-order chi connectivity index (χ0) is 27.9. The van der Waals surface area contributed by atoms with E-state index >= 15 is 0 Å². The van der Waals surface area contributed by atoms with E-state index in [0.717, 1.165) is 12.4 Å². The highest BCUT2D eigenvalue weighted by Crippen LogP contribution is 2.46. The van der Waals surface area contributed by atoms with Gasteiger partial charge in [0.15, 0.2) is 12.4 Å². The van der Waals surface area contributed by atoms with Gasteiger partial charge in [0.05, 0.1) is 24.7 Å². The summed E-state index contributed by atoms with van der Waals surface area (Å²) in [6.07, 6.45) is -3.05. The van der Waals surface area contributed by atoms with Crippen molar-refractivity contribution in [2.45, 2.75) is 54.6 Å². The number of benzene rings is 1. The van der Waals surface area contributed by atoms with E-state index in [-0.39, 0.29) is 24.1 Å². The first-order chi connectivity index (χ1) is 17.1. The fourth-order valence-electron chi connectivity index (χ4n) is 2.79. The molecule has 1 heterocycles. The molecule has 0 N–H and O–H groups in total. The van der Waals surface area contributed by atoms with E-state index in [4.69, 9.17) is 4.74 Å². The maximum Gasteiger partial charge on any atom is 0.460 e. The van der Waals surface area contributed by atoms with Crippen LogP contribution in [0.4, 0.5) is 43.9 Å². The molecule has 1 aromatic carbocycles. The number of hydrogen-bond acceptors (Lipinski definition) is 5. The van der Waals surface area contributed by atoms with Crippen LogP contribution in [0.25, 0.3) is 5.69 Å². The number of aromatic nitrogens is 2. The minimum atomic E-state index is -6.45. The molecule has 0 aliphatic heterocycles. The van der Waals surface area contributed by atoms with Crippen molar-refractivity contribution in [2.24, 2.45) is 0 Å². The van der Waals surface area contributed by atoms with Gasteiger partial charge in [-0.15, -0.1) is 11.8 Å². The Labute approximate surface area is 214 Å². The molecule has 0 saturated carbocycles. The fraction of sp³-hybridized carbons (Fsp3) is 0.571. The second kappa shape index (κ2) is 12.7. The minimum Gasteiger partial charge on any atom is -0.494 e. The lowest BCUT2D eigenvalue weighted by molar-refractivity contribution is -0.358. The van der Waals surface area contributed by atoms with Crippen LogP contribution in [0.5, 0.6) is 11.5 Å². The summed E-state index contributed by atoms with van der Waals surface area (Å²) in [5, 5.41) is 3.89. The Kier molecular flexibility index (Phi) is 10.7. The predicted molar refractivity (Wildman–Crippen MR) is 119 cm³/mol. The molecule has 0 unspecified atom stereocenters. The molecule has 0 amide bonds. The van der Waals surface area contributed by atoms with Gasteiger partial charge in [-0.25, -0.2) is 4.68 Å². The molecule has 1 aromatic heterocycles. The molecule has 16 heteroatoms. The fourth-order valence-corrected chi connectivity index (χ4v) is 4.19. The zero-order valence-corrected chi connectivity index (χ0v) is 20.8. The summed E-state index contributed by atoms with van der Waals surface area (Å²) in [5.41, 5.74) is -3.81. The van der Waals surface area contributed by atoms with E-state index in [2.05, 4.69) is 9.84 Å². The summed E-state index contributed by atoms with van der Waals surface area (Å²) in [6, 6.07) is 4.79. The molecule has 210 valence electrons. The molecule has 0 radical (unpaired) electrons. The number of unbranched alkanes of at least 4 members (excludes halogenated alkanes) is 2. The third-order valence-corrected chi connectivity index (χ3v) is 6.34. The lowest BCUT2D eigenvalue weighted by Gasteiger charge is -2.27. The maximum absolute atomic E-state index is 13.5. The highest BCUT2D eigenvalue weighted by atomic mass is 32.2. The number of nitrogens with zero attached hydrogens (tertiary/aromatic N) is 2. The van der Waals surface area contributed by atoms with Crippen LogP contribution in [-0.4, -0.2) is 58.0 Å². The smallest absolute Gasteiger partial charge is 0.460 e. The van der Waals surface area contributed by atoms with E-state index in [1.165, 1.54) is 16.4 Å². The van der Waals surface area contributed by atoms with E-state index in [1.54, 1.807) is 18.2 Å². The quantitative estimate of drug-likeness (QED) is 0.127. The van der Waals surface area contributed by atoms with Gasteiger partial charge in [0.25, 0.3) is 0 Å². The van der Waals surface area contributed by atoms with Crippen LogP contribution in [0, 0.1) is 0 Å². The van der Waals surface area contributed by atoms with Crippen molar-refractivity contribution >= 4 is 23.5 Å². The van der Waals surface area contributed by atoms with Gasteiger partial charge in [-0.3, -0.25) is 0 Å². The molecular formula is C21H22F10N2O2S2. The van der Waals surface area contributed by atoms with E-state index in [1.807, 2.05) is 6.92 Å². The highest BCUT2D eigenvalue weighted by molar-refractivity contribution is 8.00. The van der Waals surface area contributed by atoms with Crippen LogP contribution < -0.4 is 9.47 Å².